The lowest BCUT2D eigenvalue weighted by Gasteiger charge is -2.20. The molecule has 126 valence electrons. The van der Waals surface area contributed by atoms with Crippen LogP contribution in [0.5, 0.6) is 11.5 Å². The van der Waals surface area contributed by atoms with Gasteiger partial charge in [0.15, 0.2) is 11.5 Å². The Morgan fingerprint density at radius 2 is 2.25 bits per heavy atom. The highest BCUT2D eigenvalue weighted by molar-refractivity contribution is 7.13. The van der Waals surface area contributed by atoms with E-state index in [1.807, 2.05) is 28.5 Å². The van der Waals surface area contributed by atoms with Gasteiger partial charge < -0.3 is 20.1 Å². The largest absolute Gasteiger partial charge is 0.454 e. The average Bonchev–Trinajstić information content (AvgIpc) is 3.32. The first-order chi connectivity index (χ1) is 11.7. The van der Waals surface area contributed by atoms with E-state index >= 15 is 0 Å². The fourth-order valence-corrected chi connectivity index (χ4v) is 4.07. The molecule has 2 aromatic rings. The Kier molecular flexibility index (Phi) is 3.90. The Labute approximate surface area is 144 Å². The van der Waals surface area contributed by atoms with Crippen molar-refractivity contribution < 1.29 is 14.3 Å². The molecule has 0 radical (unpaired) electrons. The van der Waals surface area contributed by atoms with E-state index in [4.69, 9.17) is 15.2 Å². The van der Waals surface area contributed by atoms with Gasteiger partial charge in [-0.15, -0.1) is 11.3 Å². The summed E-state index contributed by atoms with van der Waals surface area (Å²) in [5, 5.41) is 2.63. The van der Waals surface area contributed by atoms with E-state index in [1.165, 1.54) is 11.3 Å². The van der Waals surface area contributed by atoms with Crippen molar-refractivity contribution in [2.75, 3.05) is 19.9 Å². The normalized spacial score (nSPS) is 22.2. The van der Waals surface area contributed by atoms with Crippen molar-refractivity contribution in [1.29, 1.82) is 0 Å². The fourth-order valence-electron chi connectivity index (χ4n) is 3.28. The van der Waals surface area contributed by atoms with Crippen LogP contribution >= 0.6 is 11.3 Å². The number of nitrogens with two attached hydrogens (primary N) is 1. The molecule has 0 aliphatic carbocycles. The molecule has 3 heterocycles. The topological polar surface area (TPSA) is 77.7 Å². The van der Waals surface area contributed by atoms with E-state index in [2.05, 4.69) is 11.9 Å². The second kappa shape index (κ2) is 6.07. The van der Waals surface area contributed by atoms with Gasteiger partial charge >= 0.3 is 0 Å². The third-order valence-electron chi connectivity index (χ3n) is 4.60. The SMILES string of the molecule is CC1CC(CN)CN1C(=O)c1csc(-c2ccc3c(c2)OCO3)n1. The van der Waals surface area contributed by atoms with Crippen LogP contribution in [0.25, 0.3) is 10.6 Å². The van der Waals surface area contributed by atoms with Crippen LogP contribution in [0.2, 0.25) is 0 Å². The average molecular weight is 345 g/mol. The molecule has 0 bridgehead atoms. The molecule has 0 spiro atoms. The van der Waals surface area contributed by atoms with Crippen LogP contribution in [0.4, 0.5) is 0 Å². The Bertz CT molecular complexity index is 776. The van der Waals surface area contributed by atoms with E-state index in [-0.39, 0.29) is 18.7 Å². The Balaban J connectivity index is 1.55. The number of rotatable bonds is 3. The number of carbonyl (C=O) groups is 1. The molecule has 0 saturated carbocycles. The molecule has 4 rings (SSSR count). The summed E-state index contributed by atoms with van der Waals surface area (Å²) >= 11 is 1.46. The maximum atomic E-state index is 12.7. The van der Waals surface area contributed by atoms with E-state index in [9.17, 15) is 4.79 Å². The monoisotopic (exact) mass is 345 g/mol. The molecule has 2 N–H and O–H groups in total. The number of hydrogen-bond donors (Lipinski definition) is 1. The highest BCUT2D eigenvalue weighted by Crippen LogP contribution is 2.37. The first-order valence-electron chi connectivity index (χ1n) is 8.02. The minimum Gasteiger partial charge on any atom is -0.454 e. The highest BCUT2D eigenvalue weighted by atomic mass is 32.1. The summed E-state index contributed by atoms with van der Waals surface area (Å²) < 4.78 is 10.7. The number of likely N-dealkylation sites (tertiary alicyclic amines) is 1. The summed E-state index contributed by atoms with van der Waals surface area (Å²) in [6.07, 6.45) is 0.960. The number of carbonyl (C=O) groups excluding carboxylic acids is 1. The van der Waals surface area contributed by atoms with Gasteiger partial charge in [-0.2, -0.15) is 0 Å². The number of benzene rings is 1. The number of ether oxygens (including phenoxy) is 2. The van der Waals surface area contributed by atoms with E-state index in [1.54, 1.807) is 0 Å². The van der Waals surface area contributed by atoms with Crippen molar-refractivity contribution in [3.63, 3.8) is 0 Å². The van der Waals surface area contributed by atoms with Crippen LogP contribution < -0.4 is 15.2 Å². The van der Waals surface area contributed by atoms with E-state index in [0.717, 1.165) is 28.5 Å². The first kappa shape index (κ1) is 15.4. The maximum absolute atomic E-state index is 12.7. The minimum atomic E-state index is -0.0123. The maximum Gasteiger partial charge on any atom is 0.273 e. The first-order valence-corrected chi connectivity index (χ1v) is 8.90. The predicted molar refractivity (Wildman–Crippen MR) is 91.3 cm³/mol. The zero-order chi connectivity index (χ0) is 16.7. The van der Waals surface area contributed by atoms with Crippen LogP contribution in [0.1, 0.15) is 23.8 Å². The second-order valence-corrected chi connectivity index (χ2v) is 7.11. The van der Waals surface area contributed by atoms with Gasteiger partial charge in [-0.1, -0.05) is 0 Å². The molecular formula is C17H19N3O3S. The number of amides is 1. The number of thiazole rings is 1. The van der Waals surface area contributed by atoms with E-state index in [0.29, 0.717) is 24.7 Å². The molecule has 1 aromatic carbocycles. The number of hydrogen-bond acceptors (Lipinski definition) is 6. The summed E-state index contributed by atoms with van der Waals surface area (Å²) in [6, 6.07) is 5.92. The Hall–Kier alpha value is -2.12. The zero-order valence-corrected chi connectivity index (χ0v) is 14.2. The summed E-state index contributed by atoms with van der Waals surface area (Å²) in [5.74, 6) is 1.83. The zero-order valence-electron chi connectivity index (χ0n) is 13.4. The fraction of sp³-hybridized carbons (Fsp3) is 0.412. The number of aromatic nitrogens is 1. The van der Waals surface area contributed by atoms with Gasteiger partial charge in [0.25, 0.3) is 5.91 Å². The highest BCUT2D eigenvalue weighted by Gasteiger charge is 2.33. The van der Waals surface area contributed by atoms with Crippen molar-refractivity contribution in [2.24, 2.45) is 11.7 Å². The molecule has 2 aliphatic heterocycles. The standard InChI is InChI=1S/C17H19N3O3S/c1-10-4-11(6-18)7-20(10)17(21)13-8-24-16(19-13)12-2-3-14-15(5-12)23-9-22-14/h2-3,5,8,10-11H,4,6-7,9,18H2,1H3. The van der Waals surface area contributed by atoms with Crippen LogP contribution in [0, 0.1) is 5.92 Å². The third kappa shape index (κ3) is 2.63. The van der Waals surface area contributed by atoms with E-state index < -0.39 is 0 Å². The van der Waals surface area contributed by atoms with Crippen molar-refractivity contribution in [2.45, 2.75) is 19.4 Å². The predicted octanol–water partition coefficient (Wildman–Crippen LogP) is 2.35. The summed E-state index contributed by atoms with van der Waals surface area (Å²) in [6.45, 7) is 3.65. The summed E-state index contributed by atoms with van der Waals surface area (Å²) in [4.78, 5) is 19.2. The molecule has 2 aliphatic rings. The number of fused-ring (bicyclic) bond motifs is 1. The molecular weight excluding hydrogens is 326 g/mol. The van der Waals surface area contributed by atoms with Gasteiger partial charge in [0.1, 0.15) is 10.7 Å². The van der Waals surface area contributed by atoms with Crippen molar-refractivity contribution in [3.8, 4) is 22.1 Å². The molecule has 2 atom stereocenters. The molecule has 2 unspecified atom stereocenters. The molecule has 6 nitrogen and oxygen atoms in total. The summed E-state index contributed by atoms with van der Waals surface area (Å²) in [7, 11) is 0. The lowest BCUT2D eigenvalue weighted by atomic mass is 10.1. The van der Waals surface area contributed by atoms with Crippen molar-refractivity contribution in [3.05, 3.63) is 29.3 Å². The molecule has 1 amide bonds. The molecule has 7 heteroatoms. The van der Waals surface area contributed by atoms with Gasteiger partial charge in [-0.05, 0) is 44.0 Å². The van der Waals surface area contributed by atoms with Crippen LogP contribution in [0.15, 0.2) is 23.6 Å². The quantitative estimate of drug-likeness (QED) is 0.924. The van der Waals surface area contributed by atoms with Crippen molar-refractivity contribution >= 4 is 17.2 Å². The van der Waals surface area contributed by atoms with Gasteiger partial charge in [-0.3, -0.25) is 4.79 Å². The second-order valence-electron chi connectivity index (χ2n) is 6.25. The lowest BCUT2D eigenvalue weighted by Crippen LogP contribution is -2.34. The van der Waals surface area contributed by atoms with Crippen LogP contribution in [-0.2, 0) is 0 Å². The smallest absolute Gasteiger partial charge is 0.273 e. The lowest BCUT2D eigenvalue weighted by molar-refractivity contribution is 0.0738. The Morgan fingerprint density at radius 1 is 1.42 bits per heavy atom. The van der Waals surface area contributed by atoms with Gasteiger partial charge in [-0.25, -0.2) is 4.98 Å². The molecule has 24 heavy (non-hydrogen) atoms. The Morgan fingerprint density at radius 3 is 3.04 bits per heavy atom. The van der Waals surface area contributed by atoms with Gasteiger partial charge in [0.2, 0.25) is 6.79 Å². The molecule has 1 aromatic heterocycles. The van der Waals surface area contributed by atoms with Crippen molar-refractivity contribution in [1.82, 2.24) is 9.88 Å². The molecule has 1 fully saturated rings. The number of nitrogens with zero attached hydrogens (tertiary/aromatic N) is 2. The third-order valence-corrected chi connectivity index (χ3v) is 5.49. The molecule has 1 saturated heterocycles. The van der Waals surface area contributed by atoms with Crippen LogP contribution in [0.3, 0.4) is 0 Å². The summed E-state index contributed by atoms with van der Waals surface area (Å²) in [5.41, 5.74) is 7.17. The minimum absolute atomic E-state index is 0.0123. The van der Waals surface area contributed by atoms with Gasteiger partial charge in [0.05, 0.1) is 0 Å². The van der Waals surface area contributed by atoms with Crippen LogP contribution in [-0.4, -0.2) is 41.7 Å². The van der Waals surface area contributed by atoms with Gasteiger partial charge in [0, 0.05) is 23.5 Å².